The molecule has 2 aliphatic heterocycles. The molecule has 2 aliphatic rings. The van der Waals surface area contributed by atoms with Gasteiger partial charge in [-0.05, 0) is 49.0 Å². The Labute approximate surface area is 219 Å². The summed E-state index contributed by atoms with van der Waals surface area (Å²) in [7, 11) is -7.41. The molecule has 4 rings (SSSR count). The highest BCUT2D eigenvalue weighted by molar-refractivity contribution is 7.89. The van der Waals surface area contributed by atoms with Gasteiger partial charge in [-0.25, -0.2) is 34.9 Å². The third-order valence-electron chi connectivity index (χ3n) is 6.36. The van der Waals surface area contributed by atoms with Crippen molar-refractivity contribution in [3.63, 3.8) is 0 Å². The summed E-state index contributed by atoms with van der Waals surface area (Å²) in [5.41, 5.74) is 2.80. The Morgan fingerprint density at radius 2 is 1.86 bits per heavy atom. The Balaban J connectivity index is 1.37. The van der Waals surface area contributed by atoms with E-state index in [1.165, 1.54) is 15.6 Å². The molecule has 1 N–H and O–H groups in total. The Hall–Kier alpha value is -1.71. The van der Waals surface area contributed by atoms with E-state index in [2.05, 4.69) is 4.98 Å². The molecule has 0 amide bonds. The van der Waals surface area contributed by atoms with Gasteiger partial charge in [0.15, 0.2) is 0 Å². The smallest absolute Gasteiger partial charge is 0.274 e. The second-order valence-corrected chi connectivity index (χ2v) is 14.5. The van der Waals surface area contributed by atoms with Crippen molar-refractivity contribution in [3.8, 4) is 5.19 Å². The fourth-order valence-corrected chi connectivity index (χ4v) is 8.41. The van der Waals surface area contributed by atoms with Crippen LogP contribution in [0.3, 0.4) is 0 Å². The van der Waals surface area contributed by atoms with Gasteiger partial charge in [-0.2, -0.15) is 4.31 Å². The molecule has 0 aliphatic carbocycles. The lowest BCUT2D eigenvalue weighted by atomic mass is 10.0. The third-order valence-corrected chi connectivity index (χ3v) is 11.2. The number of aromatic nitrogens is 1. The molecule has 0 spiro atoms. The molecule has 0 bridgehead atoms. The molecule has 0 unspecified atom stereocenters. The van der Waals surface area contributed by atoms with Crippen LogP contribution in [0.15, 0.2) is 24.3 Å². The number of halogens is 2. The quantitative estimate of drug-likeness (QED) is 0.460. The van der Waals surface area contributed by atoms with Gasteiger partial charge in [-0.15, -0.1) is 0 Å². The topological polar surface area (TPSA) is 117 Å². The number of fused-ring (bicyclic) bond motifs is 1. The summed E-state index contributed by atoms with van der Waals surface area (Å²) in [6, 6.07) is 5.83. The van der Waals surface area contributed by atoms with Crippen LogP contribution in [0.2, 0.25) is 0 Å². The maximum Gasteiger partial charge on any atom is 0.274 e. The lowest BCUT2D eigenvalue weighted by Gasteiger charge is -2.31. The van der Waals surface area contributed by atoms with Crippen molar-refractivity contribution in [2.24, 2.45) is 0 Å². The predicted molar refractivity (Wildman–Crippen MR) is 139 cm³/mol. The molecule has 0 saturated carbocycles. The minimum atomic E-state index is -4.03. The first-order chi connectivity index (χ1) is 17.4. The number of benzene rings is 1. The number of hydrogen-bond acceptors (Lipinski definition) is 8. The first kappa shape index (κ1) is 28.3. The van der Waals surface area contributed by atoms with Crippen LogP contribution in [0.4, 0.5) is 8.78 Å². The van der Waals surface area contributed by atoms with Gasteiger partial charge in [0, 0.05) is 39.7 Å². The number of thiazole rings is 1. The fraction of sp³-hybridized carbons (Fsp3) is 0.609. The van der Waals surface area contributed by atoms with Crippen molar-refractivity contribution < 1.29 is 35.5 Å². The molecule has 0 atom stereocenters. The Morgan fingerprint density at radius 3 is 2.49 bits per heavy atom. The zero-order chi connectivity index (χ0) is 26.8. The number of aliphatic hydroxyl groups is 1. The number of ether oxygens (including phenoxy) is 1. The number of piperidine rings is 1. The highest BCUT2D eigenvalue weighted by atomic mass is 32.2. The number of alkyl halides is 2. The molecule has 3 heterocycles. The molecule has 206 valence electrons. The molecule has 2 aromatic rings. The van der Waals surface area contributed by atoms with Crippen LogP contribution < -0.4 is 4.74 Å². The maximum atomic E-state index is 13.2. The highest BCUT2D eigenvalue weighted by Crippen LogP contribution is 2.34. The molecule has 14 heteroatoms. The van der Waals surface area contributed by atoms with Crippen LogP contribution in [0.5, 0.6) is 5.19 Å². The van der Waals surface area contributed by atoms with Gasteiger partial charge < -0.3 is 9.84 Å². The average molecular weight is 580 g/mol. The lowest BCUT2D eigenvalue weighted by molar-refractivity contribution is 0.0454. The Kier molecular flexibility index (Phi) is 8.56. The summed E-state index contributed by atoms with van der Waals surface area (Å²) in [5.74, 6) is -4.54. The van der Waals surface area contributed by atoms with Gasteiger partial charge in [-0.1, -0.05) is 23.5 Å². The predicted octanol–water partition coefficient (Wildman–Crippen LogP) is 2.93. The Bertz CT molecular complexity index is 1350. The van der Waals surface area contributed by atoms with Gasteiger partial charge >= 0.3 is 0 Å². The van der Waals surface area contributed by atoms with Crippen LogP contribution in [0, 0.1) is 0 Å². The number of rotatable bonds is 10. The van der Waals surface area contributed by atoms with Crippen LogP contribution in [-0.2, 0) is 20.0 Å². The van der Waals surface area contributed by atoms with E-state index in [0.29, 0.717) is 44.5 Å². The van der Waals surface area contributed by atoms with Crippen LogP contribution in [-0.4, -0.2) is 91.9 Å². The third kappa shape index (κ3) is 7.24. The zero-order valence-electron chi connectivity index (χ0n) is 20.5. The standard InChI is InChI=1S/C23H31F2N3O6S3/c1-23(24,25)16-37(32,33)28-11-7-19(8-12-28)34-22-26-20-4-3-18(15-21(20)35-22)17-5-9-27(10-6-17)36(30,31)14-2-13-29/h3-5,15,19,29H,2,6-14,16H2,1H3. The van der Waals surface area contributed by atoms with E-state index in [0.717, 1.165) is 25.7 Å². The SMILES string of the molecule is CC(F)(F)CS(=O)(=O)N1CCC(Oc2nc3ccc(C4=CCN(S(=O)(=O)CCCO)CC4)cc3s2)CC1. The van der Waals surface area contributed by atoms with E-state index < -0.39 is 31.7 Å². The van der Waals surface area contributed by atoms with Crippen molar-refractivity contribution >= 4 is 47.2 Å². The second-order valence-electron chi connectivity index (χ2n) is 9.44. The van der Waals surface area contributed by atoms with Crippen LogP contribution in [0.25, 0.3) is 15.8 Å². The van der Waals surface area contributed by atoms with Gasteiger partial charge in [0.2, 0.25) is 20.0 Å². The fourth-order valence-electron chi connectivity index (χ4n) is 4.48. The normalized spacial score (nSPS) is 19.3. The number of hydrogen-bond donors (Lipinski definition) is 1. The molecule has 1 aromatic carbocycles. The second kappa shape index (κ2) is 11.2. The Morgan fingerprint density at radius 1 is 1.14 bits per heavy atom. The van der Waals surface area contributed by atoms with Crippen LogP contribution in [0.1, 0.15) is 38.2 Å². The molecular formula is C23H31F2N3O6S3. The monoisotopic (exact) mass is 579 g/mol. The highest BCUT2D eigenvalue weighted by Gasteiger charge is 2.36. The molecular weight excluding hydrogens is 548 g/mol. The van der Waals surface area contributed by atoms with Crippen molar-refractivity contribution in [2.75, 3.05) is 44.3 Å². The van der Waals surface area contributed by atoms with E-state index in [4.69, 9.17) is 9.84 Å². The average Bonchev–Trinajstić information content (AvgIpc) is 3.23. The number of aliphatic hydroxyl groups excluding tert-OH is 1. The molecule has 9 nitrogen and oxygen atoms in total. The molecule has 1 fully saturated rings. The van der Waals surface area contributed by atoms with Crippen molar-refractivity contribution in [1.29, 1.82) is 0 Å². The number of sulfonamides is 2. The first-order valence-electron chi connectivity index (χ1n) is 12.1. The molecule has 1 aromatic heterocycles. The van der Waals surface area contributed by atoms with E-state index in [1.807, 2.05) is 24.3 Å². The molecule has 1 saturated heterocycles. The van der Waals surface area contributed by atoms with Gasteiger partial charge in [-0.3, -0.25) is 0 Å². The zero-order valence-corrected chi connectivity index (χ0v) is 22.9. The van der Waals surface area contributed by atoms with Gasteiger partial charge in [0.25, 0.3) is 11.1 Å². The van der Waals surface area contributed by atoms with Crippen LogP contribution >= 0.6 is 11.3 Å². The minimum absolute atomic E-state index is 0.0637. The summed E-state index contributed by atoms with van der Waals surface area (Å²) < 4.78 is 85.0. The van der Waals surface area contributed by atoms with Crippen molar-refractivity contribution in [1.82, 2.24) is 13.6 Å². The molecule has 37 heavy (non-hydrogen) atoms. The first-order valence-corrected chi connectivity index (χ1v) is 16.1. The van der Waals surface area contributed by atoms with Crippen molar-refractivity contribution in [2.45, 2.75) is 44.6 Å². The van der Waals surface area contributed by atoms with Gasteiger partial charge in [0.1, 0.15) is 11.9 Å². The van der Waals surface area contributed by atoms with E-state index in [9.17, 15) is 25.6 Å². The summed E-state index contributed by atoms with van der Waals surface area (Å²) in [4.78, 5) is 4.52. The van der Waals surface area contributed by atoms with Gasteiger partial charge in [0.05, 0.1) is 16.0 Å². The maximum absolute atomic E-state index is 13.2. The van der Waals surface area contributed by atoms with E-state index >= 15 is 0 Å². The molecule has 0 radical (unpaired) electrons. The summed E-state index contributed by atoms with van der Waals surface area (Å²) >= 11 is 1.38. The summed E-state index contributed by atoms with van der Waals surface area (Å²) in [5, 5.41) is 9.38. The number of nitrogens with zero attached hydrogens (tertiary/aromatic N) is 3. The summed E-state index contributed by atoms with van der Waals surface area (Å²) in [6.07, 6.45) is 3.24. The minimum Gasteiger partial charge on any atom is -0.467 e. The van der Waals surface area contributed by atoms with Crippen molar-refractivity contribution in [3.05, 3.63) is 29.8 Å². The lowest BCUT2D eigenvalue weighted by Crippen LogP contribution is -2.45. The summed E-state index contributed by atoms with van der Waals surface area (Å²) in [6.45, 7) is 1.37. The largest absolute Gasteiger partial charge is 0.467 e. The van der Waals surface area contributed by atoms with E-state index in [1.54, 1.807) is 0 Å². The van der Waals surface area contributed by atoms with E-state index in [-0.39, 0.29) is 38.0 Å².